The molecule has 1 aliphatic heterocycles. The van der Waals surface area contributed by atoms with Gasteiger partial charge in [-0.25, -0.2) is 0 Å². The van der Waals surface area contributed by atoms with E-state index in [0.717, 1.165) is 11.5 Å². The Hall–Kier alpha value is -0.370. The number of rotatable bonds is 1. The predicted molar refractivity (Wildman–Crippen MR) is 36.7 cm³/mol. The number of hydrogen-bond donors (Lipinski definition) is 0. The highest BCUT2D eigenvalue weighted by Gasteiger charge is 1.95. The van der Waals surface area contributed by atoms with Crippen molar-refractivity contribution in [1.82, 2.24) is 0 Å². The number of methoxy groups -OCH3 is 1. The Labute approximate surface area is 53.4 Å². The van der Waals surface area contributed by atoms with Crippen LogP contribution in [0.4, 0.5) is 0 Å². The van der Waals surface area contributed by atoms with Crippen molar-refractivity contribution in [3.05, 3.63) is 23.3 Å². The third kappa shape index (κ3) is 1.30. The summed E-state index contributed by atoms with van der Waals surface area (Å²) >= 11 is 1.75. The first kappa shape index (κ1) is 5.76. The number of allylic oxidation sites excluding steroid dienone is 2. The standard InChI is InChI=1S/C6H8OS/c1-7-6-3-2-4-8-5-6/h2-4H,5H2,1H3. The summed E-state index contributed by atoms with van der Waals surface area (Å²) in [6.45, 7) is 0. The lowest BCUT2D eigenvalue weighted by Gasteiger charge is -2.04. The van der Waals surface area contributed by atoms with Gasteiger partial charge in [-0.1, -0.05) is 6.08 Å². The second kappa shape index (κ2) is 2.82. The quantitative estimate of drug-likeness (QED) is 0.532. The number of ether oxygens (including phenoxy) is 1. The summed E-state index contributed by atoms with van der Waals surface area (Å²) in [6.07, 6.45) is 3.98. The molecule has 0 spiro atoms. The second-order valence-electron chi connectivity index (χ2n) is 1.48. The van der Waals surface area contributed by atoms with E-state index in [1.54, 1.807) is 18.9 Å². The molecule has 0 bridgehead atoms. The van der Waals surface area contributed by atoms with Crippen molar-refractivity contribution in [1.29, 1.82) is 0 Å². The molecule has 0 aromatic carbocycles. The molecule has 8 heavy (non-hydrogen) atoms. The van der Waals surface area contributed by atoms with Crippen LogP contribution in [0.25, 0.3) is 0 Å². The molecule has 44 valence electrons. The lowest BCUT2D eigenvalue weighted by molar-refractivity contribution is 0.296. The maximum absolute atomic E-state index is 4.98. The van der Waals surface area contributed by atoms with Gasteiger partial charge in [0, 0.05) is 0 Å². The fourth-order valence-corrected chi connectivity index (χ4v) is 1.17. The third-order valence-electron chi connectivity index (χ3n) is 0.945. The molecule has 0 unspecified atom stereocenters. The Morgan fingerprint density at radius 1 is 1.75 bits per heavy atom. The summed E-state index contributed by atoms with van der Waals surface area (Å²) in [4.78, 5) is 0. The van der Waals surface area contributed by atoms with Crippen molar-refractivity contribution in [2.75, 3.05) is 12.9 Å². The van der Waals surface area contributed by atoms with Crippen LogP contribution in [0, 0.1) is 0 Å². The fraction of sp³-hybridized carbons (Fsp3) is 0.333. The van der Waals surface area contributed by atoms with Gasteiger partial charge >= 0.3 is 0 Å². The average molecular weight is 128 g/mol. The van der Waals surface area contributed by atoms with Crippen molar-refractivity contribution < 1.29 is 4.74 Å². The van der Waals surface area contributed by atoms with Crippen LogP contribution < -0.4 is 0 Å². The topological polar surface area (TPSA) is 9.23 Å². The van der Waals surface area contributed by atoms with Crippen LogP contribution in [0.2, 0.25) is 0 Å². The number of hydrogen-bond acceptors (Lipinski definition) is 2. The Morgan fingerprint density at radius 3 is 3.00 bits per heavy atom. The molecule has 0 aromatic rings. The fourth-order valence-electron chi connectivity index (χ4n) is 0.507. The highest BCUT2D eigenvalue weighted by Crippen LogP contribution is 2.14. The zero-order valence-electron chi connectivity index (χ0n) is 4.76. The van der Waals surface area contributed by atoms with Gasteiger partial charge in [0.25, 0.3) is 0 Å². The van der Waals surface area contributed by atoms with E-state index in [2.05, 4.69) is 5.41 Å². The monoisotopic (exact) mass is 128 g/mol. The van der Waals surface area contributed by atoms with E-state index in [1.807, 2.05) is 12.2 Å². The highest BCUT2D eigenvalue weighted by atomic mass is 32.2. The second-order valence-corrected chi connectivity index (χ2v) is 2.37. The van der Waals surface area contributed by atoms with Crippen LogP contribution in [-0.2, 0) is 4.74 Å². The van der Waals surface area contributed by atoms with Gasteiger partial charge in [-0.15, -0.1) is 11.8 Å². The van der Waals surface area contributed by atoms with Gasteiger partial charge in [0.2, 0.25) is 0 Å². The molecular formula is C6H8OS. The van der Waals surface area contributed by atoms with Crippen LogP contribution in [-0.4, -0.2) is 12.9 Å². The SMILES string of the molecule is COC1=CC=CSC1. The summed E-state index contributed by atoms with van der Waals surface area (Å²) in [5.74, 6) is 2.03. The zero-order valence-corrected chi connectivity index (χ0v) is 5.57. The summed E-state index contributed by atoms with van der Waals surface area (Å²) in [6, 6.07) is 0. The Morgan fingerprint density at radius 2 is 2.62 bits per heavy atom. The zero-order chi connectivity index (χ0) is 5.82. The van der Waals surface area contributed by atoms with Crippen LogP contribution in [0.15, 0.2) is 23.3 Å². The smallest absolute Gasteiger partial charge is 0.106 e. The van der Waals surface area contributed by atoms with Crippen molar-refractivity contribution in [2.24, 2.45) is 0 Å². The Kier molecular flexibility index (Phi) is 2.03. The molecule has 0 fully saturated rings. The minimum absolute atomic E-state index is 0.979. The molecule has 0 amide bonds. The predicted octanol–water partition coefficient (Wildman–Crippen LogP) is 1.78. The molecule has 0 saturated carbocycles. The van der Waals surface area contributed by atoms with Gasteiger partial charge in [0.15, 0.2) is 0 Å². The van der Waals surface area contributed by atoms with E-state index in [9.17, 15) is 0 Å². The molecule has 0 atom stereocenters. The van der Waals surface area contributed by atoms with Gasteiger partial charge < -0.3 is 4.74 Å². The maximum atomic E-state index is 4.98. The van der Waals surface area contributed by atoms with Crippen molar-refractivity contribution in [3.63, 3.8) is 0 Å². The van der Waals surface area contributed by atoms with E-state index in [-0.39, 0.29) is 0 Å². The van der Waals surface area contributed by atoms with Crippen molar-refractivity contribution in [3.8, 4) is 0 Å². The lowest BCUT2D eigenvalue weighted by atomic mass is 10.5. The first-order chi connectivity index (χ1) is 3.93. The Bertz CT molecular complexity index is 126. The van der Waals surface area contributed by atoms with E-state index >= 15 is 0 Å². The van der Waals surface area contributed by atoms with E-state index in [0.29, 0.717) is 0 Å². The maximum Gasteiger partial charge on any atom is 0.106 e. The Balaban J connectivity index is 2.50. The molecule has 0 N–H and O–H groups in total. The van der Waals surface area contributed by atoms with Crippen molar-refractivity contribution in [2.45, 2.75) is 0 Å². The molecule has 1 aliphatic rings. The highest BCUT2D eigenvalue weighted by molar-refractivity contribution is 8.02. The number of thioether (sulfide) groups is 1. The van der Waals surface area contributed by atoms with E-state index < -0.39 is 0 Å². The van der Waals surface area contributed by atoms with Crippen LogP contribution >= 0.6 is 11.8 Å². The average Bonchev–Trinajstić information content (AvgIpc) is 1.90. The summed E-state index contributed by atoms with van der Waals surface area (Å²) in [5.41, 5.74) is 0. The largest absolute Gasteiger partial charge is 0.500 e. The van der Waals surface area contributed by atoms with E-state index in [4.69, 9.17) is 4.74 Å². The minimum atomic E-state index is 0.979. The normalized spacial score (nSPS) is 17.9. The molecule has 0 saturated heterocycles. The molecule has 1 rings (SSSR count). The molecule has 2 heteroatoms. The summed E-state index contributed by atoms with van der Waals surface area (Å²) < 4.78 is 4.98. The van der Waals surface area contributed by atoms with Crippen LogP contribution in [0.5, 0.6) is 0 Å². The van der Waals surface area contributed by atoms with Gasteiger partial charge in [-0.2, -0.15) is 0 Å². The first-order valence-corrected chi connectivity index (χ1v) is 3.49. The molecular weight excluding hydrogens is 120 g/mol. The summed E-state index contributed by atoms with van der Waals surface area (Å²) in [7, 11) is 1.70. The van der Waals surface area contributed by atoms with Crippen LogP contribution in [0.1, 0.15) is 0 Å². The van der Waals surface area contributed by atoms with Crippen LogP contribution in [0.3, 0.4) is 0 Å². The van der Waals surface area contributed by atoms with Crippen molar-refractivity contribution >= 4 is 11.8 Å². The molecule has 0 aromatic heterocycles. The molecule has 0 radical (unpaired) electrons. The molecule has 1 nitrogen and oxygen atoms in total. The third-order valence-corrected chi connectivity index (χ3v) is 1.75. The lowest BCUT2D eigenvalue weighted by Crippen LogP contribution is -1.90. The minimum Gasteiger partial charge on any atom is -0.500 e. The van der Waals surface area contributed by atoms with Gasteiger partial charge in [0.05, 0.1) is 12.9 Å². The molecule has 1 heterocycles. The van der Waals surface area contributed by atoms with Gasteiger partial charge in [0.1, 0.15) is 5.76 Å². The van der Waals surface area contributed by atoms with Gasteiger partial charge in [-0.3, -0.25) is 0 Å². The van der Waals surface area contributed by atoms with Gasteiger partial charge in [-0.05, 0) is 11.5 Å². The van der Waals surface area contributed by atoms with E-state index in [1.165, 1.54) is 0 Å². The molecule has 0 aliphatic carbocycles. The first-order valence-electron chi connectivity index (χ1n) is 2.45. The summed E-state index contributed by atoms with van der Waals surface area (Å²) in [5, 5.41) is 2.06.